The summed E-state index contributed by atoms with van der Waals surface area (Å²) in [5.74, 6) is -0.671. The van der Waals surface area contributed by atoms with E-state index < -0.39 is 11.9 Å². The van der Waals surface area contributed by atoms with Gasteiger partial charge in [-0.3, -0.25) is 10.1 Å². The van der Waals surface area contributed by atoms with Crippen molar-refractivity contribution >= 4 is 23.3 Å². The molecule has 0 bridgehead atoms. The third-order valence-electron chi connectivity index (χ3n) is 6.21. The van der Waals surface area contributed by atoms with Crippen LogP contribution in [0.2, 0.25) is 0 Å². The van der Waals surface area contributed by atoms with E-state index in [1.807, 2.05) is 11.8 Å². The number of fused-ring (bicyclic) bond motifs is 1. The van der Waals surface area contributed by atoms with E-state index in [4.69, 9.17) is 9.84 Å². The Bertz CT molecular complexity index is 1230. The van der Waals surface area contributed by atoms with Gasteiger partial charge < -0.3 is 14.7 Å². The van der Waals surface area contributed by atoms with Crippen LogP contribution in [0, 0.1) is 5.82 Å². The van der Waals surface area contributed by atoms with Crippen molar-refractivity contribution in [3.63, 3.8) is 0 Å². The van der Waals surface area contributed by atoms with Crippen LogP contribution in [0.15, 0.2) is 30.3 Å². The molecule has 2 aromatic heterocycles. The average Bonchev–Trinajstić information content (AvgIpc) is 3.15. The summed E-state index contributed by atoms with van der Waals surface area (Å²) in [5, 5.41) is 15.7. The van der Waals surface area contributed by atoms with Gasteiger partial charge in [0.05, 0.1) is 12.3 Å². The fourth-order valence-electron chi connectivity index (χ4n) is 4.35. The Morgan fingerprint density at radius 1 is 1.23 bits per heavy atom. The van der Waals surface area contributed by atoms with Gasteiger partial charge in [-0.2, -0.15) is 5.10 Å². The molecule has 1 aliphatic rings. The summed E-state index contributed by atoms with van der Waals surface area (Å²) >= 11 is 0. The largest absolute Gasteiger partial charge is 0.447 e. The molecule has 35 heavy (non-hydrogen) atoms. The molecule has 1 fully saturated rings. The minimum Gasteiger partial charge on any atom is -0.447 e. The first kappa shape index (κ1) is 24.6. The van der Waals surface area contributed by atoms with Crippen LogP contribution in [0.3, 0.4) is 0 Å². The number of likely N-dealkylation sites (tertiary alicyclic amines) is 1. The van der Waals surface area contributed by atoms with Crippen LogP contribution in [-0.2, 0) is 11.2 Å². The van der Waals surface area contributed by atoms with Gasteiger partial charge in [0, 0.05) is 35.6 Å². The van der Waals surface area contributed by atoms with E-state index in [1.54, 1.807) is 16.6 Å². The molecule has 3 aromatic rings. The number of carbonyl (C=O) groups excluding carboxylic acids is 2. The number of ether oxygens (including phenoxy) is 1. The van der Waals surface area contributed by atoms with E-state index in [0.717, 1.165) is 37.9 Å². The van der Waals surface area contributed by atoms with Crippen molar-refractivity contribution in [2.45, 2.75) is 52.0 Å². The lowest BCUT2D eigenvalue weighted by molar-refractivity contribution is 0.0691. The monoisotopic (exact) mass is 483 g/mol. The van der Waals surface area contributed by atoms with Crippen LogP contribution >= 0.6 is 0 Å². The quantitative estimate of drug-likeness (QED) is 0.548. The van der Waals surface area contributed by atoms with E-state index in [1.165, 1.54) is 18.2 Å². The summed E-state index contributed by atoms with van der Waals surface area (Å²) in [6.45, 7) is 4.31. The fourth-order valence-corrected chi connectivity index (χ4v) is 4.35. The highest BCUT2D eigenvalue weighted by Crippen LogP contribution is 2.26. The standard InChI is InChI=1S/C25H30FN5O4/c1-3-18-14-22(24(33)30-10-6-4-5-7-16(30)2)28-23-15-21(29-31(18)23)19-9-8-17(13-20(19)26)27-25(34)35-12-11-32/h8-9,13-16,32H,3-7,10-12H2,1-2H3,(H,27,34). The van der Waals surface area contributed by atoms with Crippen LogP contribution < -0.4 is 5.32 Å². The number of halogens is 1. The molecule has 2 N–H and O–H groups in total. The van der Waals surface area contributed by atoms with Crippen molar-refractivity contribution in [2.75, 3.05) is 25.1 Å². The highest BCUT2D eigenvalue weighted by molar-refractivity contribution is 5.93. The first-order valence-corrected chi connectivity index (χ1v) is 12.0. The Morgan fingerprint density at radius 2 is 2.06 bits per heavy atom. The van der Waals surface area contributed by atoms with Gasteiger partial charge in [-0.05, 0) is 50.5 Å². The van der Waals surface area contributed by atoms with E-state index in [9.17, 15) is 14.0 Å². The van der Waals surface area contributed by atoms with Crippen LogP contribution in [0.1, 0.15) is 55.7 Å². The van der Waals surface area contributed by atoms with Crippen molar-refractivity contribution in [3.8, 4) is 11.3 Å². The number of aryl methyl sites for hydroxylation is 1. The molecule has 9 nitrogen and oxygen atoms in total. The predicted octanol–water partition coefficient (Wildman–Crippen LogP) is 4.04. The molecule has 1 unspecified atom stereocenters. The molecule has 186 valence electrons. The topological polar surface area (TPSA) is 109 Å². The SMILES string of the molecule is CCc1cc(C(=O)N2CCCCCC2C)nc2cc(-c3ccc(NC(=O)OCCO)cc3F)nn12. The number of anilines is 1. The number of aromatic nitrogens is 3. The van der Waals surface area contributed by atoms with Crippen LogP contribution in [0.5, 0.6) is 0 Å². The molecule has 1 aromatic carbocycles. The van der Waals surface area contributed by atoms with Gasteiger partial charge in [0.15, 0.2) is 5.65 Å². The Balaban J connectivity index is 1.63. The molecular formula is C25H30FN5O4. The molecule has 0 saturated carbocycles. The maximum atomic E-state index is 14.9. The molecule has 1 saturated heterocycles. The van der Waals surface area contributed by atoms with Crippen LogP contribution in [0.4, 0.5) is 14.9 Å². The number of nitrogens with one attached hydrogen (secondary N) is 1. The average molecular weight is 484 g/mol. The molecule has 10 heteroatoms. The van der Waals surface area contributed by atoms with Crippen LogP contribution in [-0.4, -0.2) is 62.4 Å². The zero-order valence-electron chi connectivity index (χ0n) is 20.0. The summed E-state index contributed by atoms with van der Waals surface area (Å²) in [7, 11) is 0. The zero-order chi connectivity index (χ0) is 24.9. The smallest absolute Gasteiger partial charge is 0.411 e. The minimum absolute atomic E-state index is 0.0889. The second-order valence-electron chi connectivity index (χ2n) is 8.66. The summed E-state index contributed by atoms with van der Waals surface area (Å²) in [6, 6.07) is 7.80. The third kappa shape index (κ3) is 5.43. The third-order valence-corrected chi connectivity index (χ3v) is 6.21. The van der Waals surface area contributed by atoms with Gasteiger partial charge in [0.2, 0.25) is 0 Å². The maximum Gasteiger partial charge on any atom is 0.411 e. The Hall–Kier alpha value is -3.53. The molecule has 0 aliphatic carbocycles. The fraction of sp³-hybridized carbons (Fsp3) is 0.440. The normalized spacial score (nSPS) is 16.2. The van der Waals surface area contributed by atoms with Gasteiger partial charge in [0.25, 0.3) is 5.91 Å². The Labute approximate surface area is 202 Å². The number of amides is 2. The van der Waals surface area contributed by atoms with Crippen molar-refractivity contribution < 1.29 is 23.8 Å². The highest BCUT2D eigenvalue weighted by Gasteiger charge is 2.25. The number of rotatable bonds is 6. The van der Waals surface area contributed by atoms with E-state index in [-0.39, 0.29) is 36.4 Å². The first-order chi connectivity index (χ1) is 16.9. The zero-order valence-corrected chi connectivity index (χ0v) is 20.0. The van der Waals surface area contributed by atoms with Gasteiger partial charge in [-0.15, -0.1) is 0 Å². The number of aliphatic hydroxyl groups excluding tert-OH is 1. The van der Waals surface area contributed by atoms with Gasteiger partial charge in [0.1, 0.15) is 18.1 Å². The number of hydrogen-bond donors (Lipinski definition) is 2. The Morgan fingerprint density at radius 3 is 2.80 bits per heavy atom. The maximum absolute atomic E-state index is 14.9. The molecule has 0 spiro atoms. The molecule has 1 atom stereocenters. The second-order valence-corrected chi connectivity index (χ2v) is 8.66. The Kier molecular flexibility index (Phi) is 7.60. The molecule has 3 heterocycles. The molecular weight excluding hydrogens is 453 g/mol. The minimum atomic E-state index is -0.786. The second kappa shape index (κ2) is 10.8. The molecule has 0 radical (unpaired) electrons. The first-order valence-electron chi connectivity index (χ1n) is 12.0. The van der Waals surface area contributed by atoms with Crippen molar-refractivity contribution in [3.05, 3.63) is 47.5 Å². The van der Waals surface area contributed by atoms with Crippen molar-refractivity contribution in [1.82, 2.24) is 19.5 Å². The lowest BCUT2D eigenvalue weighted by Gasteiger charge is -2.27. The lowest BCUT2D eigenvalue weighted by atomic mass is 10.1. The van der Waals surface area contributed by atoms with Crippen LogP contribution in [0.25, 0.3) is 16.9 Å². The number of hydrogen-bond acceptors (Lipinski definition) is 6. The van der Waals surface area contributed by atoms with E-state index in [2.05, 4.69) is 22.3 Å². The molecule has 1 aliphatic heterocycles. The highest BCUT2D eigenvalue weighted by atomic mass is 19.1. The van der Waals surface area contributed by atoms with Gasteiger partial charge in [-0.25, -0.2) is 18.7 Å². The van der Waals surface area contributed by atoms with Gasteiger partial charge >= 0.3 is 6.09 Å². The van der Waals surface area contributed by atoms with Gasteiger partial charge in [-0.1, -0.05) is 19.8 Å². The number of benzene rings is 1. The molecule has 4 rings (SSSR count). The van der Waals surface area contributed by atoms with Crippen molar-refractivity contribution in [2.24, 2.45) is 0 Å². The number of carbonyl (C=O) groups is 2. The summed E-state index contributed by atoms with van der Waals surface area (Å²) in [4.78, 5) is 31.4. The number of aliphatic hydroxyl groups is 1. The van der Waals surface area contributed by atoms with E-state index in [0.29, 0.717) is 23.5 Å². The lowest BCUT2D eigenvalue weighted by Crippen LogP contribution is -2.38. The summed E-state index contributed by atoms with van der Waals surface area (Å²) in [5.41, 5.74) is 2.46. The predicted molar refractivity (Wildman–Crippen MR) is 129 cm³/mol. The van der Waals surface area contributed by atoms with Crippen molar-refractivity contribution in [1.29, 1.82) is 0 Å². The summed E-state index contributed by atoms with van der Waals surface area (Å²) < 4.78 is 21.3. The number of nitrogens with zero attached hydrogens (tertiary/aromatic N) is 4. The summed E-state index contributed by atoms with van der Waals surface area (Å²) in [6.07, 6.45) is 4.04. The molecule has 2 amide bonds. The van der Waals surface area contributed by atoms with E-state index >= 15 is 0 Å².